The molecule has 0 radical (unpaired) electrons. The van der Waals surface area contributed by atoms with Crippen LogP contribution in [0.25, 0.3) is 0 Å². The second-order valence-electron chi connectivity index (χ2n) is 10.6. The monoisotopic (exact) mass is 390 g/mol. The highest BCUT2D eigenvalue weighted by molar-refractivity contribution is 5.85. The number of hydrogen-bond acceptors (Lipinski definition) is 5. The van der Waals surface area contributed by atoms with Gasteiger partial charge in [0, 0.05) is 18.1 Å². The van der Waals surface area contributed by atoms with Crippen LogP contribution in [0.5, 0.6) is 0 Å². The van der Waals surface area contributed by atoms with Gasteiger partial charge in [0.15, 0.2) is 0 Å². The molecule has 8 atom stereocenters. The normalized spacial score (nSPS) is 53.1. The maximum absolute atomic E-state index is 12.1. The van der Waals surface area contributed by atoms with Gasteiger partial charge < -0.3 is 20.1 Å². The zero-order valence-corrected chi connectivity index (χ0v) is 16.9. The summed E-state index contributed by atoms with van der Waals surface area (Å²) in [6, 6.07) is 0. The zero-order chi connectivity index (χ0) is 19.7. The molecular weight excluding hydrogens is 356 g/mol. The van der Waals surface area contributed by atoms with Gasteiger partial charge in [-0.15, -0.1) is 0 Å². The minimum atomic E-state index is -0.740. The first kappa shape index (κ1) is 19.1. The number of rotatable bonds is 2. The number of fused-ring (bicyclic) bond motifs is 5. The van der Waals surface area contributed by atoms with Crippen LogP contribution in [0.2, 0.25) is 0 Å². The molecule has 0 bridgehead atoms. The second-order valence-corrected chi connectivity index (χ2v) is 10.6. The third-order valence-corrected chi connectivity index (χ3v) is 9.95. The van der Waals surface area contributed by atoms with Gasteiger partial charge >= 0.3 is 5.97 Å². The molecule has 0 aromatic carbocycles. The summed E-state index contributed by atoms with van der Waals surface area (Å²) in [7, 11) is 0. The number of carbonyl (C=O) groups excluding carboxylic acids is 1. The van der Waals surface area contributed by atoms with Crippen LogP contribution in [-0.4, -0.2) is 46.2 Å². The molecule has 5 aliphatic rings. The largest absolute Gasteiger partial charge is 0.458 e. The highest BCUT2D eigenvalue weighted by atomic mass is 16.5. The van der Waals surface area contributed by atoms with E-state index >= 15 is 0 Å². The first-order valence-corrected chi connectivity index (χ1v) is 11.2. The van der Waals surface area contributed by atoms with Crippen molar-refractivity contribution in [3.63, 3.8) is 0 Å². The molecule has 0 amide bonds. The van der Waals surface area contributed by atoms with Gasteiger partial charge in [0.25, 0.3) is 0 Å². The van der Waals surface area contributed by atoms with E-state index in [1.54, 1.807) is 6.08 Å². The summed E-state index contributed by atoms with van der Waals surface area (Å²) in [4.78, 5) is 11.6. The van der Waals surface area contributed by atoms with Crippen LogP contribution in [0.3, 0.4) is 0 Å². The number of aliphatic hydroxyl groups is 3. The van der Waals surface area contributed by atoms with E-state index in [4.69, 9.17) is 4.74 Å². The summed E-state index contributed by atoms with van der Waals surface area (Å²) < 4.78 is 5.19. The summed E-state index contributed by atoms with van der Waals surface area (Å²) in [5, 5.41) is 32.8. The highest BCUT2D eigenvalue weighted by Gasteiger charge is 2.68. The molecule has 5 nitrogen and oxygen atoms in total. The lowest BCUT2D eigenvalue weighted by atomic mass is 9.43. The molecule has 28 heavy (non-hydrogen) atoms. The van der Waals surface area contributed by atoms with Crippen LogP contribution < -0.4 is 0 Å². The quantitative estimate of drug-likeness (QED) is 0.631. The molecule has 4 saturated carbocycles. The summed E-state index contributed by atoms with van der Waals surface area (Å²) in [6.07, 6.45) is 9.47. The Hall–Kier alpha value is -0.910. The first-order valence-electron chi connectivity index (χ1n) is 11.2. The average molecular weight is 391 g/mol. The lowest BCUT2D eigenvalue weighted by Gasteiger charge is -2.64. The van der Waals surface area contributed by atoms with Crippen molar-refractivity contribution in [2.45, 2.75) is 76.4 Å². The van der Waals surface area contributed by atoms with E-state index in [9.17, 15) is 20.1 Å². The molecule has 5 rings (SSSR count). The standard InChI is InChI=1S/C23H34O5/c1-21-7-5-18-19(3-2-15-11-16(25)4-8-22(15,18)13-24)23(21,27)9-6-17(21)14-10-20(26)28-12-14/h10,15-19,24-25,27H,2-9,11-13H2,1H3/t15-,16-,17+,18?,19?,21+,22+,23-/m0/s1. The van der Waals surface area contributed by atoms with Crippen LogP contribution in [0, 0.1) is 34.5 Å². The van der Waals surface area contributed by atoms with E-state index in [-0.39, 0.29) is 41.3 Å². The SMILES string of the molecule is C[C@]12CCC3C(CC[C@H]4C[C@@H](O)CC[C@]34CO)[C@@]1(O)CC[C@@H]2C1=CC(=O)OC1. The molecule has 4 fully saturated rings. The van der Waals surface area contributed by atoms with Crippen LogP contribution in [0.15, 0.2) is 11.6 Å². The Labute approximate surface area is 167 Å². The number of ether oxygens (including phenoxy) is 1. The molecule has 156 valence electrons. The van der Waals surface area contributed by atoms with Gasteiger partial charge in [0.05, 0.1) is 11.7 Å². The van der Waals surface area contributed by atoms with Crippen molar-refractivity contribution in [3.8, 4) is 0 Å². The Bertz CT molecular complexity index is 703. The van der Waals surface area contributed by atoms with Crippen LogP contribution >= 0.6 is 0 Å². The Balaban J connectivity index is 1.48. The Morgan fingerprint density at radius 2 is 1.93 bits per heavy atom. The fourth-order valence-corrected chi connectivity index (χ4v) is 8.49. The number of cyclic esters (lactones) is 1. The molecule has 0 aromatic heterocycles. The molecule has 0 spiro atoms. The van der Waals surface area contributed by atoms with Crippen molar-refractivity contribution in [2.75, 3.05) is 13.2 Å². The predicted molar refractivity (Wildman–Crippen MR) is 103 cm³/mol. The molecular formula is C23H34O5. The molecule has 2 unspecified atom stereocenters. The van der Waals surface area contributed by atoms with Crippen molar-refractivity contribution < 1.29 is 24.9 Å². The third-order valence-electron chi connectivity index (χ3n) is 9.95. The van der Waals surface area contributed by atoms with Gasteiger partial charge in [0.2, 0.25) is 0 Å². The fraction of sp³-hybridized carbons (Fsp3) is 0.870. The maximum atomic E-state index is 12.1. The molecule has 3 N–H and O–H groups in total. The maximum Gasteiger partial charge on any atom is 0.331 e. The smallest absolute Gasteiger partial charge is 0.331 e. The topological polar surface area (TPSA) is 87.0 Å². The first-order chi connectivity index (χ1) is 13.3. The lowest BCUT2D eigenvalue weighted by Crippen LogP contribution is -2.63. The zero-order valence-electron chi connectivity index (χ0n) is 16.9. The highest BCUT2D eigenvalue weighted by Crippen LogP contribution is 2.69. The van der Waals surface area contributed by atoms with Crippen molar-refractivity contribution in [2.24, 2.45) is 34.5 Å². The molecule has 5 heteroatoms. The van der Waals surface area contributed by atoms with Crippen LogP contribution in [-0.2, 0) is 9.53 Å². The van der Waals surface area contributed by atoms with Gasteiger partial charge in [-0.2, -0.15) is 0 Å². The summed E-state index contributed by atoms with van der Waals surface area (Å²) >= 11 is 0. The van der Waals surface area contributed by atoms with E-state index in [1.165, 1.54) is 0 Å². The molecule has 0 saturated heterocycles. The van der Waals surface area contributed by atoms with Gasteiger partial charge in [-0.25, -0.2) is 4.79 Å². The number of aliphatic hydroxyl groups excluding tert-OH is 2. The van der Waals surface area contributed by atoms with Gasteiger partial charge in [-0.3, -0.25) is 0 Å². The van der Waals surface area contributed by atoms with Crippen molar-refractivity contribution >= 4 is 5.97 Å². The van der Waals surface area contributed by atoms with Gasteiger partial charge in [-0.1, -0.05) is 6.92 Å². The fourth-order valence-electron chi connectivity index (χ4n) is 8.49. The summed E-state index contributed by atoms with van der Waals surface area (Å²) in [5.74, 6) is 0.866. The number of esters is 1. The predicted octanol–water partition coefficient (Wildman–Crippen LogP) is 2.58. The van der Waals surface area contributed by atoms with E-state index in [2.05, 4.69) is 6.92 Å². The van der Waals surface area contributed by atoms with Crippen molar-refractivity contribution in [1.82, 2.24) is 0 Å². The lowest BCUT2D eigenvalue weighted by molar-refractivity contribution is -0.219. The van der Waals surface area contributed by atoms with Crippen molar-refractivity contribution in [1.29, 1.82) is 0 Å². The van der Waals surface area contributed by atoms with Gasteiger partial charge in [0.1, 0.15) is 6.61 Å². The number of carbonyl (C=O) groups is 1. The number of hydrogen-bond donors (Lipinski definition) is 3. The summed E-state index contributed by atoms with van der Waals surface area (Å²) in [6.45, 7) is 2.78. The Morgan fingerprint density at radius 3 is 2.64 bits per heavy atom. The average Bonchev–Trinajstić information content (AvgIpc) is 3.22. The van der Waals surface area contributed by atoms with Crippen molar-refractivity contribution in [3.05, 3.63) is 11.6 Å². The van der Waals surface area contributed by atoms with Crippen LogP contribution in [0.4, 0.5) is 0 Å². The van der Waals surface area contributed by atoms with Gasteiger partial charge in [-0.05, 0) is 92.4 Å². The minimum Gasteiger partial charge on any atom is -0.458 e. The van der Waals surface area contributed by atoms with E-state index in [0.29, 0.717) is 18.4 Å². The minimum absolute atomic E-state index is 0.136. The Kier molecular flexibility index (Phi) is 4.29. The molecule has 1 heterocycles. The Morgan fingerprint density at radius 1 is 1.11 bits per heavy atom. The van der Waals surface area contributed by atoms with E-state index in [0.717, 1.165) is 63.4 Å². The molecule has 4 aliphatic carbocycles. The van der Waals surface area contributed by atoms with Crippen LogP contribution in [0.1, 0.15) is 64.7 Å². The van der Waals surface area contributed by atoms with E-state index < -0.39 is 5.60 Å². The second kappa shape index (κ2) is 6.29. The molecule has 0 aromatic rings. The van der Waals surface area contributed by atoms with E-state index in [1.807, 2.05) is 0 Å². The third kappa shape index (κ3) is 2.33. The summed E-state index contributed by atoms with van der Waals surface area (Å²) in [5.41, 5.74) is -0.0431. The molecule has 1 aliphatic heterocycles.